The third-order valence-corrected chi connectivity index (χ3v) is 4.55. The molecule has 1 nitrogen and oxygen atoms in total. The van der Waals surface area contributed by atoms with E-state index < -0.39 is 0 Å². The minimum absolute atomic E-state index is 0.118. The van der Waals surface area contributed by atoms with Gasteiger partial charge in [0.2, 0.25) is 0 Å². The van der Waals surface area contributed by atoms with Crippen molar-refractivity contribution in [1.82, 2.24) is 0 Å². The van der Waals surface area contributed by atoms with Gasteiger partial charge in [-0.05, 0) is 34.4 Å². The minimum atomic E-state index is -0.118. The lowest BCUT2D eigenvalue weighted by molar-refractivity contribution is 0.728. The number of hydrogen-bond donors (Lipinski definition) is 1. The van der Waals surface area contributed by atoms with Crippen molar-refractivity contribution in [1.29, 1.82) is 0 Å². The van der Waals surface area contributed by atoms with Crippen molar-refractivity contribution < 1.29 is 0 Å². The van der Waals surface area contributed by atoms with Gasteiger partial charge in [0, 0.05) is 6.04 Å². The highest BCUT2D eigenvalue weighted by molar-refractivity contribution is 6.42. The standard InChI is InChI=1S/C18H15Cl2N/c19-16-10-4-7-13(18(16)20)11-17(21)15-9-3-6-12-5-1-2-8-14(12)15/h1-10,17H,11,21H2. The molecule has 0 aliphatic carbocycles. The summed E-state index contributed by atoms with van der Waals surface area (Å²) in [5.74, 6) is 0. The van der Waals surface area contributed by atoms with Crippen molar-refractivity contribution in [2.24, 2.45) is 5.73 Å². The van der Waals surface area contributed by atoms with Gasteiger partial charge in [-0.15, -0.1) is 0 Å². The van der Waals surface area contributed by atoms with E-state index in [1.807, 2.05) is 30.3 Å². The summed E-state index contributed by atoms with van der Waals surface area (Å²) in [5.41, 5.74) is 8.52. The molecule has 0 fully saturated rings. The van der Waals surface area contributed by atoms with Gasteiger partial charge in [-0.1, -0.05) is 77.8 Å². The molecule has 0 aliphatic heterocycles. The fraction of sp³-hybridized carbons (Fsp3) is 0.111. The molecule has 0 heterocycles. The molecule has 2 N–H and O–H groups in total. The van der Waals surface area contributed by atoms with E-state index in [4.69, 9.17) is 28.9 Å². The Hall–Kier alpha value is -1.54. The Morgan fingerprint density at radius 3 is 2.43 bits per heavy atom. The van der Waals surface area contributed by atoms with Gasteiger partial charge < -0.3 is 5.73 Å². The predicted octanol–water partition coefficient (Wildman–Crippen LogP) is 5.39. The van der Waals surface area contributed by atoms with Gasteiger partial charge in [0.1, 0.15) is 0 Å². The Labute approximate surface area is 134 Å². The van der Waals surface area contributed by atoms with E-state index in [-0.39, 0.29) is 6.04 Å². The number of nitrogens with two attached hydrogens (primary N) is 1. The van der Waals surface area contributed by atoms with Gasteiger partial charge >= 0.3 is 0 Å². The first kappa shape index (κ1) is 14.4. The molecular weight excluding hydrogens is 301 g/mol. The molecule has 0 amide bonds. The monoisotopic (exact) mass is 315 g/mol. The maximum Gasteiger partial charge on any atom is 0.0624 e. The average molecular weight is 316 g/mol. The number of halogens is 2. The van der Waals surface area contributed by atoms with Crippen LogP contribution >= 0.6 is 23.2 Å². The Balaban J connectivity index is 1.97. The van der Waals surface area contributed by atoms with Crippen LogP contribution in [0.4, 0.5) is 0 Å². The van der Waals surface area contributed by atoms with Crippen molar-refractivity contribution in [2.75, 3.05) is 0 Å². The van der Waals surface area contributed by atoms with Crippen molar-refractivity contribution in [3.05, 3.63) is 81.8 Å². The highest BCUT2D eigenvalue weighted by Gasteiger charge is 2.13. The van der Waals surface area contributed by atoms with E-state index >= 15 is 0 Å². The normalized spacial score (nSPS) is 12.5. The number of rotatable bonds is 3. The smallest absolute Gasteiger partial charge is 0.0624 e. The van der Waals surface area contributed by atoms with Gasteiger partial charge in [-0.2, -0.15) is 0 Å². The Morgan fingerprint density at radius 1 is 0.857 bits per heavy atom. The van der Waals surface area contributed by atoms with Crippen molar-refractivity contribution >= 4 is 34.0 Å². The highest BCUT2D eigenvalue weighted by Crippen LogP contribution is 2.30. The van der Waals surface area contributed by atoms with E-state index in [0.717, 1.165) is 11.1 Å². The minimum Gasteiger partial charge on any atom is -0.324 e. The Kier molecular flexibility index (Phi) is 4.16. The topological polar surface area (TPSA) is 26.0 Å². The molecule has 0 bridgehead atoms. The summed E-state index contributed by atoms with van der Waals surface area (Å²) in [6.07, 6.45) is 0.660. The molecule has 21 heavy (non-hydrogen) atoms. The lowest BCUT2D eigenvalue weighted by Gasteiger charge is -2.16. The summed E-state index contributed by atoms with van der Waals surface area (Å²) < 4.78 is 0. The first-order valence-corrected chi connectivity index (χ1v) is 7.58. The highest BCUT2D eigenvalue weighted by atomic mass is 35.5. The van der Waals surface area contributed by atoms with Crippen LogP contribution in [0.3, 0.4) is 0 Å². The fourth-order valence-electron chi connectivity index (χ4n) is 2.63. The summed E-state index contributed by atoms with van der Waals surface area (Å²) in [7, 11) is 0. The first-order valence-electron chi connectivity index (χ1n) is 6.83. The average Bonchev–Trinajstić information content (AvgIpc) is 2.51. The van der Waals surface area contributed by atoms with Crippen LogP contribution in [0.15, 0.2) is 60.7 Å². The predicted molar refractivity (Wildman–Crippen MR) is 91.0 cm³/mol. The van der Waals surface area contributed by atoms with E-state index in [1.165, 1.54) is 10.8 Å². The lowest BCUT2D eigenvalue weighted by Crippen LogP contribution is -2.14. The molecule has 0 saturated heterocycles. The summed E-state index contributed by atoms with van der Waals surface area (Å²) >= 11 is 12.3. The van der Waals surface area contributed by atoms with Crippen LogP contribution in [0, 0.1) is 0 Å². The molecule has 0 aromatic heterocycles. The molecule has 0 saturated carbocycles. The molecule has 106 valence electrons. The van der Waals surface area contributed by atoms with E-state index in [1.54, 1.807) is 6.07 Å². The molecule has 0 aliphatic rings. The van der Waals surface area contributed by atoms with Crippen LogP contribution in [0.25, 0.3) is 10.8 Å². The zero-order chi connectivity index (χ0) is 14.8. The number of benzene rings is 3. The summed E-state index contributed by atoms with van der Waals surface area (Å²) in [6, 6.07) is 20.0. The van der Waals surface area contributed by atoms with Gasteiger partial charge in [0.15, 0.2) is 0 Å². The molecule has 1 atom stereocenters. The van der Waals surface area contributed by atoms with Crippen LogP contribution in [-0.2, 0) is 6.42 Å². The lowest BCUT2D eigenvalue weighted by atomic mass is 9.95. The molecule has 1 unspecified atom stereocenters. The molecular formula is C18H15Cl2N. The third kappa shape index (κ3) is 2.91. The Morgan fingerprint density at radius 2 is 1.57 bits per heavy atom. The fourth-order valence-corrected chi connectivity index (χ4v) is 3.02. The molecule has 0 spiro atoms. The van der Waals surface area contributed by atoms with Crippen molar-refractivity contribution in [3.63, 3.8) is 0 Å². The Bertz CT molecular complexity index is 778. The van der Waals surface area contributed by atoms with E-state index in [9.17, 15) is 0 Å². The summed E-state index contributed by atoms with van der Waals surface area (Å²) in [4.78, 5) is 0. The molecule has 0 radical (unpaired) electrons. The second-order valence-electron chi connectivity index (χ2n) is 5.09. The maximum absolute atomic E-state index is 6.41. The van der Waals surface area contributed by atoms with Gasteiger partial charge in [0.05, 0.1) is 10.0 Å². The summed E-state index contributed by atoms with van der Waals surface area (Å²) in [5, 5.41) is 3.54. The van der Waals surface area contributed by atoms with Gasteiger partial charge in [-0.25, -0.2) is 0 Å². The SMILES string of the molecule is NC(Cc1cccc(Cl)c1Cl)c1cccc2ccccc12. The van der Waals surface area contributed by atoms with E-state index in [0.29, 0.717) is 16.5 Å². The number of hydrogen-bond acceptors (Lipinski definition) is 1. The zero-order valence-corrected chi connectivity index (χ0v) is 12.9. The second kappa shape index (κ2) is 6.07. The van der Waals surface area contributed by atoms with Crippen LogP contribution < -0.4 is 5.73 Å². The van der Waals surface area contributed by atoms with Crippen LogP contribution in [0.5, 0.6) is 0 Å². The molecule has 3 aromatic carbocycles. The second-order valence-corrected chi connectivity index (χ2v) is 5.88. The largest absolute Gasteiger partial charge is 0.324 e. The van der Waals surface area contributed by atoms with Gasteiger partial charge in [0.25, 0.3) is 0 Å². The summed E-state index contributed by atoms with van der Waals surface area (Å²) in [6.45, 7) is 0. The zero-order valence-electron chi connectivity index (χ0n) is 11.4. The quantitative estimate of drug-likeness (QED) is 0.689. The number of fused-ring (bicyclic) bond motifs is 1. The van der Waals surface area contributed by atoms with Crippen molar-refractivity contribution in [2.45, 2.75) is 12.5 Å². The third-order valence-electron chi connectivity index (χ3n) is 3.69. The van der Waals surface area contributed by atoms with Crippen LogP contribution in [0.1, 0.15) is 17.2 Å². The van der Waals surface area contributed by atoms with Gasteiger partial charge in [-0.3, -0.25) is 0 Å². The van der Waals surface area contributed by atoms with E-state index in [2.05, 4.69) is 24.3 Å². The first-order chi connectivity index (χ1) is 10.2. The molecule has 3 heteroatoms. The maximum atomic E-state index is 6.41. The van der Waals surface area contributed by atoms with Crippen LogP contribution in [0.2, 0.25) is 10.0 Å². The van der Waals surface area contributed by atoms with Crippen molar-refractivity contribution in [3.8, 4) is 0 Å². The van der Waals surface area contributed by atoms with Crippen LogP contribution in [-0.4, -0.2) is 0 Å². The molecule has 3 aromatic rings. The molecule has 3 rings (SSSR count).